The smallest absolute Gasteiger partial charge is 0.284 e. The van der Waals surface area contributed by atoms with Crippen LogP contribution < -0.4 is 10.2 Å². The van der Waals surface area contributed by atoms with E-state index in [1.807, 2.05) is 24.3 Å². The Kier molecular flexibility index (Phi) is 6.69. The molecule has 166 valence electrons. The van der Waals surface area contributed by atoms with Crippen LogP contribution in [0.5, 0.6) is 0 Å². The first-order valence-electron chi connectivity index (χ1n) is 10.5. The van der Waals surface area contributed by atoms with Gasteiger partial charge in [0.25, 0.3) is 11.6 Å². The van der Waals surface area contributed by atoms with Crippen molar-refractivity contribution in [2.45, 2.75) is 35.7 Å². The van der Waals surface area contributed by atoms with Crippen LogP contribution in [0.4, 0.5) is 17.1 Å². The van der Waals surface area contributed by atoms with E-state index < -0.39 is 4.92 Å². The highest BCUT2D eigenvalue weighted by Crippen LogP contribution is 2.35. The summed E-state index contributed by atoms with van der Waals surface area (Å²) in [5, 5.41) is 22.9. The van der Waals surface area contributed by atoms with Gasteiger partial charge in [-0.1, -0.05) is 25.0 Å². The van der Waals surface area contributed by atoms with Crippen LogP contribution in [0, 0.1) is 10.1 Å². The van der Waals surface area contributed by atoms with Gasteiger partial charge in [-0.25, -0.2) is 0 Å². The molecular formula is C22H24N6O3S. The molecule has 1 saturated heterocycles. The second-order valence-corrected chi connectivity index (χ2v) is 8.65. The maximum absolute atomic E-state index is 13.0. The highest BCUT2D eigenvalue weighted by Gasteiger charge is 2.21. The molecule has 0 aliphatic carbocycles. The molecule has 1 fully saturated rings. The predicted molar refractivity (Wildman–Crippen MR) is 123 cm³/mol. The lowest BCUT2D eigenvalue weighted by Gasteiger charge is -2.25. The summed E-state index contributed by atoms with van der Waals surface area (Å²) in [6.07, 6.45) is 6.21. The quantitative estimate of drug-likeness (QED) is 0.433. The Morgan fingerprint density at radius 1 is 1.12 bits per heavy atom. The Hall–Kier alpha value is -3.40. The van der Waals surface area contributed by atoms with Crippen molar-refractivity contribution < 1.29 is 9.72 Å². The second-order valence-electron chi connectivity index (χ2n) is 7.64. The van der Waals surface area contributed by atoms with E-state index in [-0.39, 0.29) is 17.2 Å². The van der Waals surface area contributed by atoms with Gasteiger partial charge in [0.1, 0.15) is 6.33 Å². The Morgan fingerprint density at radius 3 is 2.56 bits per heavy atom. The number of hydrogen-bond acceptors (Lipinski definition) is 7. The van der Waals surface area contributed by atoms with Crippen LogP contribution in [0.1, 0.15) is 36.0 Å². The van der Waals surface area contributed by atoms with Gasteiger partial charge in [-0.15, -0.1) is 10.2 Å². The maximum Gasteiger partial charge on any atom is 0.284 e. The summed E-state index contributed by atoms with van der Waals surface area (Å²) in [5.41, 5.74) is 1.77. The molecule has 32 heavy (non-hydrogen) atoms. The van der Waals surface area contributed by atoms with E-state index in [9.17, 15) is 14.9 Å². The lowest BCUT2D eigenvalue weighted by atomic mass is 10.1. The second kappa shape index (κ2) is 9.82. The molecule has 1 amide bonds. The number of rotatable bonds is 6. The third kappa shape index (κ3) is 4.91. The molecule has 0 unspecified atom stereocenters. The van der Waals surface area contributed by atoms with E-state index in [2.05, 4.69) is 20.4 Å². The van der Waals surface area contributed by atoms with E-state index in [0.717, 1.165) is 43.4 Å². The number of nitro groups is 1. The lowest BCUT2D eigenvalue weighted by molar-refractivity contribution is -0.387. The Morgan fingerprint density at radius 2 is 1.88 bits per heavy atom. The number of nitro benzene ring substituents is 1. The number of hydrogen-bond donors (Lipinski definition) is 1. The molecule has 2 aromatic carbocycles. The summed E-state index contributed by atoms with van der Waals surface area (Å²) in [6, 6.07) is 12.2. The number of nitrogens with zero attached hydrogens (tertiary/aromatic N) is 5. The van der Waals surface area contributed by atoms with E-state index >= 15 is 0 Å². The molecule has 4 rings (SSSR count). The summed E-state index contributed by atoms with van der Waals surface area (Å²) < 4.78 is 1.68. The topological polar surface area (TPSA) is 106 Å². The molecule has 3 aromatic rings. The number of aromatic nitrogens is 3. The molecular weight excluding hydrogens is 428 g/mol. The molecule has 0 spiro atoms. The molecule has 10 heteroatoms. The molecule has 1 N–H and O–H groups in total. The van der Waals surface area contributed by atoms with Crippen LogP contribution in [0.3, 0.4) is 0 Å². The van der Waals surface area contributed by atoms with E-state index in [0.29, 0.717) is 15.7 Å². The lowest BCUT2D eigenvalue weighted by Crippen LogP contribution is -2.25. The van der Waals surface area contributed by atoms with Crippen LogP contribution in [0.2, 0.25) is 0 Å². The normalized spacial score (nSPS) is 14.1. The van der Waals surface area contributed by atoms with Gasteiger partial charge in [0, 0.05) is 31.8 Å². The van der Waals surface area contributed by atoms with Crippen molar-refractivity contribution in [1.82, 2.24) is 14.8 Å². The Labute approximate surface area is 190 Å². The average molecular weight is 453 g/mol. The standard InChI is InChI=1S/C22H24N6O3S/c1-26-15-23-25-22(26)32-20-11-10-16(14-19(20)28(30)31)21(29)24-17-8-4-5-9-18(17)27-12-6-2-3-7-13-27/h4-5,8-11,14-15H,2-3,6-7,12-13H2,1H3,(H,24,29). The van der Waals surface area contributed by atoms with Crippen molar-refractivity contribution >= 4 is 34.7 Å². The summed E-state index contributed by atoms with van der Waals surface area (Å²) in [7, 11) is 1.76. The van der Waals surface area contributed by atoms with E-state index in [4.69, 9.17) is 0 Å². The van der Waals surface area contributed by atoms with Gasteiger partial charge in [0.15, 0.2) is 5.16 Å². The number of nitrogens with one attached hydrogen (secondary N) is 1. The monoisotopic (exact) mass is 452 g/mol. The largest absolute Gasteiger partial charge is 0.370 e. The van der Waals surface area contributed by atoms with Crippen LogP contribution in [0.25, 0.3) is 0 Å². The van der Waals surface area contributed by atoms with Crippen LogP contribution >= 0.6 is 11.8 Å². The first-order chi connectivity index (χ1) is 15.5. The number of para-hydroxylation sites is 2. The van der Waals surface area contributed by atoms with Crippen molar-refractivity contribution in [1.29, 1.82) is 0 Å². The van der Waals surface area contributed by atoms with Gasteiger partial charge in [-0.05, 0) is 48.9 Å². The average Bonchev–Trinajstić information content (AvgIpc) is 3.02. The molecule has 2 heterocycles. The molecule has 9 nitrogen and oxygen atoms in total. The van der Waals surface area contributed by atoms with Gasteiger partial charge >= 0.3 is 0 Å². The van der Waals surface area contributed by atoms with Crippen molar-refractivity contribution in [3.8, 4) is 0 Å². The first-order valence-corrected chi connectivity index (χ1v) is 11.3. The fourth-order valence-corrected chi connectivity index (χ4v) is 4.56. The molecule has 1 aliphatic rings. The first kappa shape index (κ1) is 21.8. The number of benzene rings is 2. The Bertz CT molecular complexity index is 1120. The highest BCUT2D eigenvalue weighted by atomic mass is 32.2. The van der Waals surface area contributed by atoms with Gasteiger partial charge in [-0.3, -0.25) is 14.9 Å². The minimum absolute atomic E-state index is 0.147. The SMILES string of the molecule is Cn1cnnc1Sc1ccc(C(=O)Nc2ccccc2N2CCCCCC2)cc1[N+](=O)[O-]. The molecule has 0 radical (unpaired) electrons. The predicted octanol–water partition coefficient (Wildman–Crippen LogP) is 4.51. The van der Waals surface area contributed by atoms with Crippen molar-refractivity contribution in [2.24, 2.45) is 7.05 Å². The molecule has 0 bridgehead atoms. The maximum atomic E-state index is 13.0. The summed E-state index contributed by atoms with van der Waals surface area (Å²) in [5.74, 6) is -0.384. The number of anilines is 2. The number of aryl methyl sites for hydroxylation is 1. The van der Waals surface area contributed by atoms with Crippen LogP contribution in [-0.2, 0) is 7.05 Å². The summed E-state index contributed by atoms with van der Waals surface area (Å²) >= 11 is 1.13. The van der Waals surface area contributed by atoms with Crippen molar-refractivity contribution in [3.05, 3.63) is 64.5 Å². The van der Waals surface area contributed by atoms with Crippen molar-refractivity contribution in [2.75, 3.05) is 23.3 Å². The zero-order valence-corrected chi connectivity index (χ0v) is 18.5. The minimum atomic E-state index is -0.485. The third-order valence-electron chi connectivity index (χ3n) is 5.39. The van der Waals surface area contributed by atoms with E-state index in [1.54, 1.807) is 23.7 Å². The van der Waals surface area contributed by atoms with Gasteiger partial charge in [0.2, 0.25) is 0 Å². The van der Waals surface area contributed by atoms with Gasteiger partial charge in [-0.2, -0.15) is 0 Å². The van der Waals surface area contributed by atoms with Gasteiger partial charge < -0.3 is 14.8 Å². The van der Waals surface area contributed by atoms with Crippen LogP contribution in [0.15, 0.2) is 58.8 Å². The zero-order valence-electron chi connectivity index (χ0n) is 17.7. The zero-order chi connectivity index (χ0) is 22.5. The van der Waals surface area contributed by atoms with E-state index in [1.165, 1.54) is 25.2 Å². The summed E-state index contributed by atoms with van der Waals surface area (Å²) in [6.45, 7) is 1.90. The highest BCUT2D eigenvalue weighted by molar-refractivity contribution is 7.99. The molecule has 0 atom stereocenters. The molecule has 0 saturated carbocycles. The fraction of sp³-hybridized carbons (Fsp3) is 0.318. The number of carbonyl (C=O) groups excluding carboxylic acids is 1. The van der Waals surface area contributed by atoms with Gasteiger partial charge in [0.05, 0.1) is 21.2 Å². The molecule has 1 aliphatic heterocycles. The third-order valence-corrected chi connectivity index (χ3v) is 6.51. The molecule has 1 aromatic heterocycles. The minimum Gasteiger partial charge on any atom is -0.370 e. The fourth-order valence-electron chi connectivity index (χ4n) is 3.71. The van der Waals surface area contributed by atoms with Crippen LogP contribution in [-0.4, -0.2) is 38.7 Å². The summed E-state index contributed by atoms with van der Waals surface area (Å²) in [4.78, 5) is 26.9. The number of amides is 1. The Balaban J connectivity index is 1.57. The van der Waals surface area contributed by atoms with Crippen molar-refractivity contribution in [3.63, 3.8) is 0 Å². The number of carbonyl (C=O) groups is 1.